The first kappa shape index (κ1) is 22.1. The van der Waals surface area contributed by atoms with Crippen LogP contribution in [0.4, 0.5) is 0 Å². The third kappa shape index (κ3) is 7.83. The Morgan fingerprint density at radius 2 is 1.54 bits per heavy atom. The molecule has 5 nitrogen and oxygen atoms in total. The maximum Gasteiger partial charge on any atom is 0.351 e. The minimum Gasteiger partial charge on any atom is -0.463 e. The molecule has 0 amide bonds. The van der Waals surface area contributed by atoms with Crippen molar-refractivity contribution in [3.63, 3.8) is 0 Å². The van der Waals surface area contributed by atoms with Crippen LogP contribution >= 0.6 is 0 Å². The van der Waals surface area contributed by atoms with Crippen molar-refractivity contribution in [2.24, 2.45) is 0 Å². The summed E-state index contributed by atoms with van der Waals surface area (Å²) in [5.41, 5.74) is 2.71. The highest BCUT2D eigenvalue weighted by Gasteiger charge is 2.09. The van der Waals surface area contributed by atoms with Crippen LogP contribution in [0, 0.1) is 13.8 Å². The SMILES string of the molecule is CCCCCCCCCCCCOc1nc(-c2ccc(C)cc2C)[nH]c(=O)n1. The second kappa shape index (κ2) is 12.3. The molecule has 2 rings (SSSR count). The van der Waals surface area contributed by atoms with Gasteiger partial charge in [-0.25, -0.2) is 4.79 Å². The van der Waals surface area contributed by atoms with E-state index >= 15 is 0 Å². The van der Waals surface area contributed by atoms with E-state index in [2.05, 4.69) is 27.9 Å². The summed E-state index contributed by atoms with van der Waals surface area (Å²) < 4.78 is 5.64. The third-order valence-corrected chi connectivity index (χ3v) is 5.00. The zero-order valence-corrected chi connectivity index (χ0v) is 17.7. The molecule has 2 aromatic rings. The Balaban J connectivity index is 1.72. The number of unbranched alkanes of at least 4 members (excludes halogenated alkanes) is 9. The Kier molecular flexibility index (Phi) is 9.73. The highest BCUT2D eigenvalue weighted by molar-refractivity contribution is 5.60. The number of hydrogen-bond acceptors (Lipinski definition) is 4. The van der Waals surface area contributed by atoms with Crippen LogP contribution in [-0.4, -0.2) is 21.6 Å². The number of benzene rings is 1. The monoisotopic (exact) mass is 385 g/mol. The first-order chi connectivity index (χ1) is 13.6. The van der Waals surface area contributed by atoms with Crippen LogP contribution in [0.25, 0.3) is 11.4 Å². The molecule has 0 unspecified atom stereocenters. The number of aromatic amines is 1. The molecule has 1 N–H and O–H groups in total. The van der Waals surface area contributed by atoms with Crippen LogP contribution < -0.4 is 10.4 Å². The molecule has 0 saturated heterocycles. The number of nitrogens with zero attached hydrogens (tertiary/aromatic N) is 2. The van der Waals surface area contributed by atoms with Crippen LogP contribution in [-0.2, 0) is 0 Å². The van der Waals surface area contributed by atoms with E-state index in [0.717, 1.165) is 24.0 Å². The number of nitrogens with one attached hydrogen (secondary N) is 1. The lowest BCUT2D eigenvalue weighted by Gasteiger charge is -2.08. The fraction of sp³-hybridized carbons (Fsp3) is 0.609. The summed E-state index contributed by atoms with van der Waals surface area (Å²) in [5, 5.41) is 0. The van der Waals surface area contributed by atoms with E-state index < -0.39 is 5.69 Å². The van der Waals surface area contributed by atoms with Crippen molar-refractivity contribution in [2.45, 2.75) is 85.0 Å². The predicted octanol–water partition coefficient (Wildman–Crippen LogP) is 5.75. The topological polar surface area (TPSA) is 67.9 Å². The highest BCUT2D eigenvalue weighted by Crippen LogP contribution is 2.21. The van der Waals surface area contributed by atoms with Gasteiger partial charge in [-0.3, -0.25) is 4.98 Å². The van der Waals surface area contributed by atoms with Gasteiger partial charge in [-0.15, -0.1) is 4.98 Å². The molecule has 28 heavy (non-hydrogen) atoms. The molecule has 0 spiro atoms. The van der Waals surface area contributed by atoms with E-state index in [4.69, 9.17) is 4.74 Å². The van der Waals surface area contributed by atoms with Gasteiger partial charge in [0, 0.05) is 5.56 Å². The van der Waals surface area contributed by atoms with Crippen LogP contribution in [0.5, 0.6) is 6.01 Å². The molecule has 1 aromatic carbocycles. The zero-order valence-electron chi connectivity index (χ0n) is 17.7. The van der Waals surface area contributed by atoms with Gasteiger partial charge in [-0.2, -0.15) is 4.98 Å². The van der Waals surface area contributed by atoms with Gasteiger partial charge in [0.15, 0.2) is 0 Å². The standard InChI is InChI=1S/C23H35N3O2/c1-4-5-6-7-8-9-10-11-12-13-16-28-23-25-21(24-22(27)26-23)20-15-14-18(2)17-19(20)3/h14-15,17H,4-13,16H2,1-3H3,(H,24,25,26,27). The lowest BCUT2D eigenvalue weighted by Crippen LogP contribution is -2.16. The van der Waals surface area contributed by atoms with Gasteiger partial charge < -0.3 is 4.74 Å². The van der Waals surface area contributed by atoms with Crippen molar-refractivity contribution in [1.29, 1.82) is 0 Å². The van der Waals surface area contributed by atoms with Gasteiger partial charge in [0.1, 0.15) is 5.82 Å². The van der Waals surface area contributed by atoms with Crippen LogP contribution in [0.1, 0.15) is 82.3 Å². The smallest absolute Gasteiger partial charge is 0.351 e. The molecule has 1 aromatic heterocycles. The molecular weight excluding hydrogens is 350 g/mol. The number of hydrogen-bond donors (Lipinski definition) is 1. The lowest BCUT2D eigenvalue weighted by molar-refractivity contribution is 0.279. The van der Waals surface area contributed by atoms with E-state index in [9.17, 15) is 4.79 Å². The molecule has 0 aliphatic heterocycles. The highest BCUT2D eigenvalue weighted by atomic mass is 16.5. The van der Waals surface area contributed by atoms with Gasteiger partial charge in [-0.1, -0.05) is 88.5 Å². The van der Waals surface area contributed by atoms with Gasteiger partial charge in [-0.05, 0) is 25.8 Å². The first-order valence-corrected chi connectivity index (χ1v) is 10.8. The van der Waals surface area contributed by atoms with Crippen LogP contribution in [0.2, 0.25) is 0 Å². The number of aromatic nitrogens is 3. The van der Waals surface area contributed by atoms with Crippen molar-refractivity contribution in [1.82, 2.24) is 15.0 Å². The summed E-state index contributed by atoms with van der Waals surface area (Å²) in [7, 11) is 0. The maximum absolute atomic E-state index is 11.9. The summed E-state index contributed by atoms with van der Waals surface area (Å²) in [6.45, 7) is 6.85. The molecule has 0 atom stereocenters. The summed E-state index contributed by atoms with van der Waals surface area (Å²) >= 11 is 0. The van der Waals surface area contributed by atoms with Gasteiger partial charge in [0.25, 0.3) is 0 Å². The Bertz CT molecular complexity index is 771. The number of aryl methyl sites for hydroxylation is 2. The molecule has 0 aliphatic rings. The molecule has 154 valence electrons. The second-order valence-corrected chi connectivity index (χ2v) is 7.63. The van der Waals surface area contributed by atoms with Gasteiger partial charge in [0.05, 0.1) is 6.61 Å². The van der Waals surface area contributed by atoms with Gasteiger partial charge >= 0.3 is 11.7 Å². The zero-order chi connectivity index (χ0) is 20.2. The minimum absolute atomic E-state index is 0.162. The Morgan fingerprint density at radius 3 is 2.18 bits per heavy atom. The second-order valence-electron chi connectivity index (χ2n) is 7.63. The predicted molar refractivity (Wildman–Crippen MR) is 115 cm³/mol. The first-order valence-electron chi connectivity index (χ1n) is 10.8. The number of H-pyrrole nitrogens is 1. The lowest BCUT2D eigenvalue weighted by atomic mass is 10.1. The normalized spacial score (nSPS) is 11.0. The Labute approximate surface area is 169 Å². The van der Waals surface area contributed by atoms with E-state index in [1.165, 1.54) is 56.9 Å². The number of ether oxygens (including phenoxy) is 1. The Morgan fingerprint density at radius 1 is 0.893 bits per heavy atom. The van der Waals surface area contributed by atoms with E-state index in [1.807, 2.05) is 26.0 Å². The summed E-state index contributed by atoms with van der Waals surface area (Å²) in [6, 6.07) is 6.21. The summed E-state index contributed by atoms with van der Waals surface area (Å²) in [5.74, 6) is 0.510. The molecule has 5 heteroatoms. The molecule has 0 radical (unpaired) electrons. The van der Waals surface area contributed by atoms with Crippen molar-refractivity contribution in [2.75, 3.05) is 6.61 Å². The summed E-state index contributed by atoms with van der Waals surface area (Å²) in [6.07, 6.45) is 12.8. The van der Waals surface area contributed by atoms with Crippen LogP contribution in [0.15, 0.2) is 23.0 Å². The van der Waals surface area contributed by atoms with E-state index in [0.29, 0.717) is 12.4 Å². The van der Waals surface area contributed by atoms with Crippen molar-refractivity contribution in [3.8, 4) is 17.4 Å². The van der Waals surface area contributed by atoms with E-state index in [1.54, 1.807) is 0 Å². The summed E-state index contributed by atoms with van der Waals surface area (Å²) in [4.78, 5) is 22.8. The number of rotatable bonds is 13. The van der Waals surface area contributed by atoms with Crippen molar-refractivity contribution >= 4 is 0 Å². The molecular formula is C23H35N3O2. The minimum atomic E-state index is -0.428. The Hall–Kier alpha value is -2.17. The van der Waals surface area contributed by atoms with E-state index in [-0.39, 0.29) is 6.01 Å². The molecule has 1 heterocycles. The van der Waals surface area contributed by atoms with Gasteiger partial charge in [0.2, 0.25) is 0 Å². The maximum atomic E-state index is 11.9. The van der Waals surface area contributed by atoms with Crippen molar-refractivity contribution < 1.29 is 4.74 Å². The average molecular weight is 386 g/mol. The fourth-order valence-electron chi connectivity index (χ4n) is 3.39. The molecule has 0 saturated carbocycles. The quantitative estimate of drug-likeness (QED) is 0.446. The van der Waals surface area contributed by atoms with Crippen molar-refractivity contribution in [3.05, 3.63) is 39.8 Å². The van der Waals surface area contributed by atoms with Crippen LogP contribution in [0.3, 0.4) is 0 Å². The molecule has 0 bridgehead atoms. The largest absolute Gasteiger partial charge is 0.463 e. The molecule has 0 fully saturated rings. The molecule has 0 aliphatic carbocycles. The average Bonchev–Trinajstić information content (AvgIpc) is 2.65. The third-order valence-electron chi connectivity index (χ3n) is 5.00. The fourth-order valence-corrected chi connectivity index (χ4v) is 3.39.